The van der Waals surface area contributed by atoms with Crippen LogP contribution in [0.15, 0.2) is 59.7 Å². The Balaban J connectivity index is 1.75. The molecule has 2 aromatic carbocycles. The number of rotatable bonds is 2. The van der Waals surface area contributed by atoms with Crippen molar-refractivity contribution in [3.63, 3.8) is 0 Å². The second-order valence-corrected chi connectivity index (χ2v) is 6.92. The normalized spacial score (nSPS) is 24.0. The smallest absolute Gasteiger partial charge is 0.0734 e. The van der Waals surface area contributed by atoms with Gasteiger partial charge in [0.25, 0.3) is 0 Å². The van der Waals surface area contributed by atoms with Crippen molar-refractivity contribution < 1.29 is 0 Å². The van der Waals surface area contributed by atoms with E-state index in [1.807, 2.05) is 12.1 Å². The quantitative estimate of drug-likeness (QED) is 0.710. The van der Waals surface area contributed by atoms with Crippen molar-refractivity contribution >= 4 is 23.0 Å². The predicted molar refractivity (Wildman–Crippen MR) is 97.3 cm³/mol. The van der Waals surface area contributed by atoms with Gasteiger partial charge in [-0.3, -0.25) is 5.01 Å². The van der Waals surface area contributed by atoms with Crippen LogP contribution in [0, 0.1) is 5.92 Å². The van der Waals surface area contributed by atoms with Crippen LogP contribution < -0.4 is 5.01 Å². The minimum absolute atomic E-state index is 0.491. The van der Waals surface area contributed by atoms with E-state index in [-0.39, 0.29) is 0 Å². The van der Waals surface area contributed by atoms with Gasteiger partial charge in [-0.1, -0.05) is 61.2 Å². The summed E-state index contributed by atoms with van der Waals surface area (Å²) in [5.41, 5.74) is 3.65. The lowest BCUT2D eigenvalue weighted by Gasteiger charge is -2.26. The second-order valence-electron chi connectivity index (χ2n) is 6.48. The van der Waals surface area contributed by atoms with Crippen LogP contribution in [0.4, 0.5) is 5.69 Å². The molecule has 0 saturated heterocycles. The molecule has 0 aromatic heterocycles. The van der Waals surface area contributed by atoms with Gasteiger partial charge < -0.3 is 0 Å². The molecule has 2 nitrogen and oxygen atoms in total. The van der Waals surface area contributed by atoms with Crippen LogP contribution >= 0.6 is 11.6 Å². The van der Waals surface area contributed by atoms with E-state index in [0.717, 1.165) is 5.02 Å². The van der Waals surface area contributed by atoms with Crippen LogP contribution in [0.5, 0.6) is 0 Å². The molecule has 0 N–H and O–H groups in total. The summed E-state index contributed by atoms with van der Waals surface area (Å²) in [6.45, 7) is 0. The molecule has 4 rings (SSSR count). The summed E-state index contributed by atoms with van der Waals surface area (Å²) in [6, 6.07) is 19.2. The summed E-state index contributed by atoms with van der Waals surface area (Å²) in [5, 5.41) is 8.10. The minimum atomic E-state index is 0.491. The Bertz CT molecular complexity index is 693. The molecule has 0 spiro atoms. The Morgan fingerprint density at radius 2 is 1.61 bits per heavy atom. The summed E-state index contributed by atoms with van der Waals surface area (Å²) in [6.07, 6.45) is 6.39. The van der Waals surface area contributed by atoms with E-state index in [2.05, 4.69) is 47.5 Å². The van der Waals surface area contributed by atoms with Crippen molar-refractivity contribution in [3.8, 4) is 0 Å². The molecule has 23 heavy (non-hydrogen) atoms. The fourth-order valence-electron chi connectivity index (χ4n) is 3.89. The molecule has 1 fully saturated rings. The first-order valence-electron chi connectivity index (χ1n) is 8.51. The molecule has 2 aliphatic rings. The third kappa shape index (κ3) is 2.88. The molecule has 0 bridgehead atoms. The summed E-state index contributed by atoms with van der Waals surface area (Å²) < 4.78 is 0. The van der Waals surface area contributed by atoms with Gasteiger partial charge in [-0.15, -0.1) is 0 Å². The fraction of sp³-hybridized carbons (Fsp3) is 0.350. The molecule has 118 valence electrons. The van der Waals surface area contributed by atoms with Gasteiger partial charge in [0.05, 0.1) is 17.4 Å². The van der Waals surface area contributed by atoms with E-state index in [1.165, 1.54) is 49.1 Å². The summed E-state index contributed by atoms with van der Waals surface area (Å²) in [7, 11) is 0. The number of hydrazone groups is 1. The molecule has 0 amide bonds. The number of anilines is 1. The van der Waals surface area contributed by atoms with Gasteiger partial charge in [-0.25, -0.2) is 0 Å². The number of fused-ring (bicyclic) bond motifs is 1. The van der Waals surface area contributed by atoms with Crippen molar-refractivity contribution in [2.45, 2.75) is 38.1 Å². The maximum atomic E-state index is 6.06. The van der Waals surface area contributed by atoms with Gasteiger partial charge in [0.2, 0.25) is 0 Å². The molecular formula is C20H21ClN2. The highest BCUT2D eigenvalue weighted by Gasteiger charge is 2.38. The van der Waals surface area contributed by atoms with Crippen LogP contribution in [-0.4, -0.2) is 11.8 Å². The van der Waals surface area contributed by atoms with Crippen LogP contribution in [-0.2, 0) is 0 Å². The third-order valence-electron chi connectivity index (χ3n) is 5.02. The zero-order valence-corrected chi connectivity index (χ0v) is 13.9. The summed E-state index contributed by atoms with van der Waals surface area (Å²) in [4.78, 5) is 0. The molecule has 2 aromatic rings. The Kier molecular flexibility index (Phi) is 4.09. The average molecular weight is 325 g/mol. The molecule has 1 saturated carbocycles. The van der Waals surface area contributed by atoms with Gasteiger partial charge in [-0.2, -0.15) is 5.10 Å². The molecule has 2 unspecified atom stereocenters. The van der Waals surface area contributed by atoms with Gasteiger partial charge in [-0.05, 0) is 42.7 Å². The van der Waals surface area contributed by atoms with Crippen molar-refractivity contribution in [2.75, 3.05) is 5.01 Å². The zero-order valence-electron chi connectivity index (χ0n) is 13.2. The lowest BCUT2D eigenvalue weighted by atomic mass is 9.87. The van der Waals surface area contributed by atoms with Crippen molar-refractivity contribution in [3.05, 3.63) is 65.2 Å². The monoisotopic (exact) mass is 324 g/mol. The third-order valence-corrected chi connectivity index (χ3v) is 5.27. The first kappa shape index (κ1) is 14.8. The molecular weight excluding hydrogens is 304 g/mol. The van der Waals surface area contributed by atoms with E-state index >= 15 is 0 Å². The van der Waals surface area contributed by atoms with Gasteiger partial charge in [0.15, 0.2) is 0 Å². The topological polar surface area (TPSA) is 15.6 Å². The number of benzene rings is 2. The number of para-hydroxylation sites is 1. The molecule has 0 radical (unpaired) electrons. The number of hydrogen-bond acceptors (Lipinski definition) is 2. The molecule has 1 aliphatic heterocycles. The highest BCUT2D eigenvalue weighted by atomic mass is 35.5. The van der Waals surface area contributed by atoms with Crippen molar-refractivity contribution in [2.24, 2.45) is 11.0 Å². The van der Waals surface area contributed by atoms with Gasteiger partial charge in [0, 0.05) is 10.9 Å². The summed E-state index contributed by atoms with van der Waals surface area (Å²) >= 11 is 6.06. The molecule has 1 aliphatic carbocycles. The standard InChI is InChI=1S/C20H21ClN2/c21-16-13-11-15(12-14-16)20-18-9-5-2-6-10-19(18)23(22-20)17-7-3-1-4-8-17/h1,3-4,7-8,11-14,18-19H,2,5-6,9-10H2. The maximum absolute atomic E-state index is 6.06. The van der Waals surface area contributed by atoms with E-state index in [1.54, 1.807) is 0 Å². The lowest BCUT2D eigenvalue weighted by molar-refractivity contribution is 0.501. The zero-order chi connectivity index (χ0) is 15.6. The second kappa shape index (κ2) is 6.37. The van der Waals surface area contributed by atoms with E-state index in [9.17, 15) is 0 Å². The predicted octanol–water partition coefficient (Wildman–Crippen LogP) is 5.51. The van der Waals surface area contributed by atoms with Crippen LogP contribution in [0.3, 0.4) is 0 Å². The molecule has 1 heterocycles. The molecule has 2 atom stereocenters. The van der Waals surface area contributed by atoms with Crippen LogP contribution in [0.1, 0.15) is 37.7 Å². The number of nitrogens with zero attached hydrogens (tertiary/aromatic N) is 2. The summed E-state index contributed by atoms with van der Waals surface area (Å²) in [5.74, 6) is 0.527. The van der Waals surface area contributed by atoms with E-state index in [0.29, 0.717) is 12.0 Å². The highest BCUT2D eigenvalue weighted by Crippen LogP contribution is 2.38. The van der Waals surface area contributed by atoms with Gasteiger partial charge in [0.1, 0.15) is 0 Å². The molecule has 3 heteroatoms. The van der Waals surface area contributed by atoms with Crippen molar-refractivity contribution in [1.82, 2.24) is 0 Å². The fourth-order valence-corrected chi connectivity index (χ4v) is 4.01. The maximum Gasteiger partial charge on any atom is 0.0734 e. The van der Waals surface area contributed by atoms with Gasteiger partial charge >= 0.3 is 0 Å². The Morgan fingerprint density at radius 3 is 2.39 bits per heavy atom. The largest absolute Gasteiger partial charge is 0.262 e. The van der Waals surface area contributed by atoms with Crippen molar-refractivity contribution in [1.29, 1.82) is 0 Å². The Labute approximate surface area is 142 Å². The number of halogens is 1. The highest BCUT2D eigenvalue weighted by molar-refractivity contribution is 6.30. The Hall–Kier alpha value is -1.80. The van der Waals surface area contributed by atoms with E-state index in [4.69, 9.17) is 16.7 Å². The first-order chi connectivity index (χ1) is 11.3. The average Bonchev–Trinajstić information content (AvgIpc) is 2.78. The minimum Gasteiger partial charge on any atom is -0.262 e. The van der Waals surface area contributed by atoms with E-state index < -0.39 is 0 Å². The Morgan fingerprint density at radius 1 is 0.870 bits per heavy atom. The SMILES string of the molecule is Clc1ccc(C2=NN(c3ccccc3)C3CCCCCC23)cc1. The van der Waals surface area contributed by atoms with Crippen LogP contribution in [0.25, 0.3) is 0 Å². The first-order valence-corrected chi connectivity index (χ1v) is 8.89. The number of hydrogen-bond donors (Lipinski definition) is 0. The lowest BCUT2D eigenvalue weighted by Crippen LogP contribution is -2.32. The van der Waals surface area contributed by atoms with Crippen LogP contribution in [0.2, 0.25) is 5.02 Å².